The maximum absolute atomic E-state index is 12.4. The van der Waals surface area contributed by atoms with Crippen LogP contribution in [0.3, 0.4) is 0 Å². The zero-order chi connectivity index (χ0) is 17.3. The van der Waals surface area contributed by atoms with Crippen LogP contribution in [0.15, 0.2) is 35.2 Å². The summed E-state index contributed by atoms with van der Waals surface area (Å²) in [4.78, 5) is 9.00. The van der Waals surface area contributed by atoms with E-state index in [4.69, 9.17) is 11.6 Å². The van der Waals surface area contributed by atoms with Gasteiger partial charge in [0, 0.05) is 32.6 Å². The SMILES string of the molecule is CN(C)S(=O)(=O)c1ccccc1CNc1cc(Cl)nc(C2CC2)n1. The van der Waals surface area contributed by atoms with Crippen molar-refractivity contribution in [2.45, 2.75) is 30.2 Å². The summed E-state index contributed by atoms with van der Waals surface area (Å²) in [6, 6.07) is 8.57. The highest BCUT2D eigenvalue weighted by Crippen LogP contribution is 2.38. The normalized spacial score (nSPS) is 14.8. The van der Waals surface area contributed by atoms with Crippen LogP contribution < -0.4 is 5.32 Å². The second-order valence-corrected chi connectivity index (χ2v) is 8.46. The van der Waals surface area contributed by atoms with Crippen LogP contribution in [0.25, 0.3) is 0 Å². The highest BCUT2D eigenvalue weighted by atomic mass is 35.5. The van der Waals surface area contributed by atoms with Gasteiger partial charge in [0.1, 0.15) is 16.8 Å². The summed E-state index contributed by atoms with van der Waals surface area (Å²) in [6.07, 6.45) is 2.17. The molecular weight excluding hydrogens is 348 g/mol. The molecule has 1 aromatic carbocycles. The van der Waals surface area contributed by atoms with E-state index in [1.807, 2.05) is 6.07 Å². The minimum absolute atomic E-state index is 0.282. The molecule has 24 heavy (non-hydrogen) atoms. The molecule has 3 rings (SSSR count). The van der Waals surface area contributed by atoms with Crippen molar-refractivity contribution in [3.63, 3.8) is 0 Å². The summed E-state index contributed by atoms with van der Waals surface area (Å²) >= 11 is 6.06. The fraction of sp³-hybridized carbons (Fsp3) is 0.375. The zero-order valence-electron chi connectivity index (χ0n) is 13.5. The van der Waals surface area contributed by atoms with Gasteiger partial charge in [0.05, 0.1) is 4.90 Å². The van der Waals surface area contributed by atoms with Gasteiger partial charge in [-0.2, -0.15) is 0 Å². The number of rotatable bonds is 6. The largest absolute Gasteiger partial charge is 0.366 e. The first-order valence-corrected chi connectivity index (χ1v) is 9.48. The van der Waals surface area contributed by atoms with Gasteiger partial charge in [-0.05, 0) is 24.5 Å². The Bertz CT molecular complexity index is 851. The number of nitrogens with zero attached hydrogens (tertiary/aromatic N) is 3. The van der Waals surface area contributed by atoms with E-state index in [1.54, 1.807) is 24.3 Å². The second-order valence-electron chi connectivity index (χ2n) is 5.96. The van der Waals surface area contributed by atoms with Gasteiger partial charge in [-0.1, -0.05) is 29.8 Å². The maximum Gasteiger partial charge on any atom is 0.242 e. The third-order valence-electron chi connectivity index (χ3n) is 3.85. The Morgan fingerprint density at radius 1 is 1.25 bits per heavy atom. The number of halogens is 1. The summed E-state index contributed by atoms with van der Waals surface area (Å²) < 4.78 is 26.0. The van der Waals surface area contributed by atoms with Crippen molar-refractivity contribution in [2.24, 2.45) is 0 Å². The van der Waals surface area contributed by atoms with E-state index in [0.717, 1.165) is 18.7 Å². The molecule has 1 aliphatic carbocycles. The summed E-state index contributed by atoms with van der Waals surface area (Å²) in [7, 11) is -0.458. The predicted octanol–water partition coefficient (Wildman–Crippen LogP) is 2.87. The Balaban J connectivity index is 1.83. The van der Waals surface area contributed by atoms with Gasteiger partial charge in [-0.25, -0.2) is 22.7 Å². The minimum Gasteiger partial charge on any atom is -0.366 e. The van der Waals surface area contributed by atoms with Crippen molar-refractivity contribution < 1.29 is 8.42 Å². The highest BCUT2D eigenvalue weighted by Gasteiger charge is 2.27. The average molecular weight is 367 g/mol. The number of benzene rings is 1. The lowest BCUT2D eigenvalue weighted by Crippen LogP contribution is -2.23. The number of aromatic nitrogens is 2. The van der Waals surface area contributed by atoms with E-state index >= 15 is 0 Å². The Labute approximate surface area is 146 Å². The van der Waals surface area contributed by atoms with Crippen molar-refractivity contribution in [3.05, 3.63) is 46.9 Å². The van der Waals surface area contributed by atoms with Gasteiger partial charge in [-0.3, -0.25) is 0 Å². The lowest BCUT2D eigenvalue weighted by atomic mass is 10.2. The monoisotopic (exact) mass is 366 g/mol. The molecule has 0 atom stereocenters. The van der Waals surface area contributed by atoms with Crippen LogP contribution in [0.5, 0.6) is 0 Å². The minimum atomic E-state index is -3.50. The fourth-order valence-electron chi connectivity index (χ4n) is 2.33. The molecule has 0 unspecified atom stereocenters. The van der Waals surface area contributed by atoms with Crippen LogP contribution >= 0.6 is 11.6 Å². The Morgan fingerprint density at radius 2 is 1.96 bits per heavy atom. The molecule has 0 spiro atoms. The summed E-state index contributed by atoms with van der Waals surface area (Å²) in [5.41, 5.74) is 0.675. The molecule has 128 valence electrons. The molecule has 1 aliphatic rings. The Hall–Kier alpha value is -1.70. The topological polar surface area (TPSA) is 75.2 Å². The Kier molecular flexibility index (Phi) is 4.76. The van der Waals surface area contributed by atoms with Crippen LogP contribution in [0, 0.1) is 0 Å². The molecule has 1 N–H and O–H groups in total. The lowest BCUT2D eigenvalue weighted by Gasteiger charge is -2.15. The molecule has 1 heterocycles. The molecule has 1 fully saturated rings. The lowest BCUT2D eigenvalue weighted by molar-refractivity contribution is 0.520. The van der Waals surface area contributed by atoms with Gasteiger partial charge >= 0.3 is 0 Å². The predicted molar refractivity (Wildman–Crippen MR) is 93.7 cm³/mol. The first kappa shape index (κ1) is 17.1. The molecule has 0 aliphatic heterocycles. The molecule has 8 heteroatoms. The molecule has 1 aromatic heterocycles. The molecule has 0 amide bonds. The van der Waals surface area contributed by atoms with Crippen LogP contribution in [0.4, 0.5) is 5.82 Å². The maximum atomic E-state index is 12.4. The van der Waals surface area contributed by atoms with E-state index in [-0.39, 0.29) is 4.90 Å². The second kappa shape index (κ2) is 6.66. The third kappa shape index (κ3) is 3.68. The first-order chi connectivity index (χ1) is 11.4. The number of nitrogens with one attached hydrogen (secondary N) is 1. The van der Waals surface area contributed by atoms with E-state index in [9.17, 15) is 8.42 Å². The van der Waals surface area contributed by atoms with Crippen LogP contribution in [-0.2, 0) is 16.6 Å². The van der Waals surface area contributed by atoms with E-state index in [0.29, 0.717) is 29.0 Å². The molecule has 0 bridgehead atoms. The summed E-state index contributed by atoms with van der Waals surface area (Å²) in [6.45, 7) is 0.334. The number of anilines is 1. The number of sulfonamides is 1. The van der Waals surface area contributed by atoms with Gasteiger partial charge in [-0.15, -0.1) is 0 Å². The summed E-state index contributed by atoms with van der Waals surface area (Å²) in [5, 5.41) is 3.55. The van der Waals surface area contributed by atoms with Crippen molar-refractivity contribution in [1.29, 1.82) is 0 Å². The van der Waals surface area contributed by atoms with E-state index in [2.05, 4.69) is 15.3 Å². The number of hydrogen-bond acceptors (Lipinski definition) is 5. The average Bonchev–Trinajstić information content (AvgIpc) is 3.37. The van der Waals surface area contributed by atoms with Crippen molar-refractivity contribution in [1.82, 2.24) is 14.3 Å². The van der Waals surface area contributed by atoms with Gasteiger partial charge in [0.2, 0.25) is 10.0 Å². The summed E-state index contributed by atoms with van der Waals surface area (Å²) in [5.74, 6) is 1.75. The van der Waals surface area contributed by atoms with Gasteiger partial charge in [0.25, 0.3) is 0 Å². The van der Waals surface area contributed by atoms with Crippen molar-refractivity contribution in [2.75, 3.05) is 19.4 Å². The Morgan fingerprint density at radius 3 is 2.62 bits per heavy atom. The van der Waals surface area contributed by atoms with Crippen molar-refractivity contribution in [3.8, 4) is 0 Å². The molecular formula is C16H19ClN4O2S. The molecule has 2 aromatic rings. The van der Waals surface area contributed by atoms with Gasteiger partial charge < -0.3 is 5.32 Å². The fourth-order valence-corrected chi connectivity index (χ4v) is 3.64. The quantitative estimate of drug-likeness (QED) is 0.795. The smallest absolute Gasteiger partial charge is 0.242 e. The van der Waals surface area contributed by atoms with Crippen LogP contribution in [-0.4, -0.2) is 36.8 Å². The van der Waals surface area contributed by atoms with E-state index < -0.39 is 10.0 Å². The van der Waals surface area contributed by atoms with E-state index in [1.165, 1.54) is 18.4 Å². The standard InChI is InChI=1S/C16H19ClN4O2S/c1-21(2)24(22,23)13-6-4-3-5-12(13)10-18-15-9-14(17)19-16(20-15)11-7-8-11/h3-6,9,11H,7-8,10H2,1-2H3,(H,18,19,20). The molecule has 1 saturated carbocycles. The first-order valence-electron chi connectivity index (χ1n) is 7.66. The zero-order valence-corrected chi connectivity index (χ0v) is 15.1. The molecule has 0 saturated heterocycles. The number of hydrogen-bond donors (Lipinski definition) is 1. The van der Waals surface area contributed by atoms with Gasteiger partial charge in [0.15, 0.2) is 0 Å². The van der Waals surface area contributed by atoms with Crippen LogP contribution in [0.1, 0.15) is 30.1 Å². The highest BCUT2D eigenvalue weighted by molar-refractivity contribution is 7.89. The van der Waals surface area contributed by atoms with Crippen LogP contribution in [0.2, 0.25) is 5.15 Å². The molecule has 6 nitrogen and oxygen atoms in total. The molecule has 0 radical (unpaired) electrons. The van der Waals surface area contributed by atoms with Crippen molar-refractivity contribution >= 4 is 27.4 Å². The third-order valence-corrected chi connectivity index (χ3v) is 5.96.